The van der Waals surface area contributed by atoms with Crippen LogP contribution in [-0.4, -0.2) is 23.6 Å². The zero-order chi connectivity index (χ0) is 16.7. The van der Waals surface area contributed by atoms with Crippen LogP contribution in [-0.2, 0) is 4.79 Å². The summed E-state index contributed by atoms with van der Waals surface area (Å²) in [5, 5.41) is 17.3. The van der Waals surface area contributed by atoms with Crippen LogP contribution in [0.25, 0.3) is 0 Å². The maximum atomic E-state index is 11.6. The highest BCUT2D eigenvalue weighted by Gasteiger charge is 2.03. The topological polar surface area (TPSA) is 96.6 Å². The van der Waals surface area contributed by atoms with E-state index in [2.05, 4.69) is 38.4 Å². The molecule has 2 aromatic rings. The van der Waals surface area contributed by atoms with E-state index in [0.29, 0.717) is 5.56 Å². The number of hydrogen-bond donors (Lipinski definition) is 2. The number of non-ortho nitro benzene ring substituents is 1. The lowest BCUT2D eigenvalue weighted by molar-refractivity contribution is -0.384. The Kier molecular flexibility index (Phi) is 6.03. The molecular weight excluding hydrogens is 411 g/mol. The summed E-state index contributed by atoms with van der Waals surface area (Å²) in [4.78, 5) is 21.7. The molecule has 0 aliphatic rings. The van der Waals surface area contributed by atoms with Crippen LogP contribution in [0.5, 0.6) is 0 Å². The van der Waals surface area contributed by atoms with Crippen LogP contribution < -0.4 is 10.7 Å². The van der Waals surface area contributed by atoms with Crippen molar-refractivity contribution in [1.82, 2.24) is 5.43 Å². The molecule has 0 radical (unpaired) electrons. The van der Waals surface area contributed by atoms with Crippen LogP contribution in [0.3, 0.4) is 0 Å². The van der Waals surface area contributed by atoms with Gasteiger partial charge in [-0.3, -0.25) is 14.9 Å². The van der Waals surface area contributed by atoms with Gasteiger partial charge < -0.3 is 5.32 Å². The lowest BCUT2D eigenvalue weighted by atomic mass is 10.2. The maximum absolute atomic E-state index is 11.6. The van der Waals surface area contributed by atoms with Crippen LogP contribution in [0.1, 0.15) is 5.56 Å². The molecule has 8 heteroatoms. The van der Waals surface area contributed by atoms with Gasteiger partial charge in [0.25, 0.3) is 11.6 Å². The zero-order valence-electron chi connectivity index (χ0n) is 11.9. The summed E-state index contributed by atoms with van der Waals surface area (Å²) in [5.74, 6) is -0.290. The highest BCUT2D eigenvalue weighted by molar-refractivity contribution is 14.1. The molecule has 23 heavy (non-hydrogen) atoms. The quantitative estimate of drug-likeness (QED) is 0.323. The summed E-state index contributed by atoms with van der Waals surface area (Å²) >= 11 is 2.20. The molecule has 2 rings (SSSR count). The summed E-state index contributed by atoms with van der Waals surface area (Å²) in [6.07, 6.45) is 1.42. The number of hydrazone groups is 1. The van der Waals surface area contributed by atoms with Crippen LogP contribution in [0.4, 0.5) is 11.4 Å². The monoisotopic (exact) mass is 424 g/mol. The molecule has 0 aliphatic heterocycles. The summed E-state index contributed by atoms with van der Waals surface area (Å²) in [5.41, 5.74) is 3.89. The first-order valence-corrected chi connectivity index (χ1v) is 7.68. The molecule has 118 valence electrons. The largest absolute Gasteiger partial charge is 0.376 e. The van der Waals surface area contributed by atoms with Crippen molar-refractivity contribution >= 4 is 46.1 Å². The second-order valence-corrected chi connectivity index (χ2v) is 5.75. The van der Waals surface area contributed by atoms with Crippen molar-refractivity contribution in [2.24, 2.45) is 5.10 Å². The van der Waals surface area contributed by atoms with Gasteiger partial charge in [-0.05, 0) is 64.6 Å². The molecule has 1 amide bonds. The van der Waals surface area contributed by atoms with Crippen molar-refractivity contribution in [3.63, 3.8) is 0 Å². The first kappa shape index (κ1) is 16.9. The van der Waals surface area contributed by atoms with Crippen molar-refractivity contribution in [1.29, 1.82) is 0 Å². The molecule has 7 nitrogen and oxygen atoms in total. The van der Waals surface area contributed by atoms with Gasteiger partial charge in [-0.15, -0.1) is 0 Å². The fourth-order valence-corrected chi connectivity index (χ4v) is 2.01. The smallest absolute Gasteiger partial charge is 0.269 e. The van der Waals surface area contributed by atoms with Crippen molar-refractivity contribution in [3.05, 3.63) is 67.8 Å². The van der Waals surface area contributed by atoms with E-state index in [-0.39, 0.29) is 18.1 Å². The van der Waals surface area contributed by atoms with E-state index in [1.807, 2.05) is 24.3 Å². The minimum absolute atomic E-state index is 0.00732. The minimum Gasteiger partial charge on any atom is -0.376 e. The Morgan fingerprint density at radius 1 is 1.17 bits per heavy atom. The third-order valence-electron chi connectivity index (χ3n) is 2.80. The van der Waals surface area contributed by atoms with Gasteiger partial charge in [-0.1, -0.05) is 0 Å². The number of nitro benzene ring substituents is 1. The Balaban J connectivity index is 1.79. The second-order valence-electron chi connectivity index (χ2n) is 4.50. The Labute approximate surface area is 146 Å². The molecule has 0 aromatic heterocycles. The summed E-state index contributed by atoms with van der Waals surface area (Å²) < 4.78 is 1.12. The minimum atomic E-state index is -0.473. The number of nitro groups is 1. The van der Waals surface area contributed by atoms with Gasteiger partial charge in [0, 0.05) is 21.4 Å². The standard InChI is InChI=1S/C15H13IN4O3/c16-12-3-5-13(6-4-12)17-10-15(21)19-18-9-11-1-7-14(8-2-11)20(22)23/h1-9,17H,10H2,(H,19,21). The number of nitrogens with one attached hydrogen (secondary N) is 2. The number of rotatable bonds is 6. The summed E-state index contributed by atoms with van der Waals surface area (Å²) in [6, 6.07) is 13.5. The van der Waals surface area contributed by atoms with Gasteiger partial charge in [0.15, 0.2) is 0 Å². The second kappa shape index (κ2) is 8.22. The van der Waals surface area contributed by atoms with Crippen molar-refractivity contribution in [2.45, 2.75) is 0 Å². The van der Waals surface area contributed by atoms with Crippen LogP contribution in [0.2, 0.25) is 0 Å². The number of amides is 1. The van der Waals surface area contributed by atoms with Crippen LogP contribution >= 0.6 is 22.6 Å². The number of halogens is 1. The third-order valence-corrected chi connectivity index (χ3v) is 3.52. The van der Waals surface area contributed by atoms with E-state index >= 15 is 0 Å². The van der Waals surface area contributed by atoms with Gasteiger partial charge in [-0.2, -0.15) is 5.10 Å². The first-order chi connectivity index (χ1) is 11.0. The third kappa shape index (κ3) is 5.66. The van der Waals surface area contributed by atoms with E-state index in [4.69, 9.17) is 0 Å². The number of anilines is 1. The molecule has 0 unspecified atom stereocenters. The predicted molar refractivity (Wildman–Crippen MR) is 96.5 cm³/mol. The summed E-state index contributed by atoms with van der Waals surface area (Å²) in [6.45, 7) is 0.0954. The number of hydrogen-bond acceptors (Lipinski definition) is 5. The molecule has 0 aliphatic carbocycles. The van der Waals surface area contributed by atoms with Gasteiger partial charge in [0.2, 0.25) is 0 Å². The van der Waals surface area contributed by atoms with Crippen LogP contribution in [0.15, 0.2) is 53.6 Å². The van der Waals surface area contributed by atoms with Gasteiger partial charge >= 0.3 is 0 Å². The van der Waals surface area contributed by atoms with Crippen molar-refractivity contribution in [2.75, 3.05) is 11.9 Å². The molecule has 0 saturated carbocycles. The fourth-order valence-electron chi connectivity index (χ4n) is 1.65. The fraction of sp³-hybridized carbons (Fsp3) is 0.0667. The normalized spacial score (nSPS) is 10.5. The molecule has 0 heterocycles. The molecule has 0 spiro atoms. The highest BCUT2D eigenvalue weighted by atomic mass is 127. The van der Waals surface area contributed by atoms with E-state index in [1.165, 1.54) is 18.3 Å². The van der Waals surface area contributed by atoms with Crippen molar-refractivity contribution in [3.8, 4) is 0 Å². The molecule has 0 atom stereocenters. The molecule has 0 fully saturated rings. The molecule has 0 bridgehead atoms. The Bertz CT molecular complexity index is 715. The average molecular weight is 424 g/mol. The number of nitrogens with zero attached hydrogens (tertiary/aromatic N) is 2. The number of benzene rings is 2. The Hall–Kier alpha value is -2.49. The SMILES string of the molecule is O=C(CNc1ccc(I)cc1)NN=Cc1ccc([N+](=O)[O-])cc1. The molecule has 0 saturated heterocycles. The van der Waals surface area contributed by atoms with E-state index < -0.39 is 4.92 Å². The van der Waals surface area contributed by atoms with Crippen molar-refractivity contribution < 1.29 is 9.72 Å². The average Bonchev–Trinajstić information content (AvgIpc) is 2.55. The summed E-state index contributed by atoms with van der Waals surface area (Å²) in [7, 11) is 0. The van der Waals surface area contributed by atoms with E-state index in [0.717, 1.165) is 9.26 Å². The number of carbonyl (C=O) groups excluding carboxylic acids is 1. The molecular formula is C15H13IN4O3. The van der Waals surface area contributed by atoms with E-state index in [1.54, 1.807) is 12.1 Å². The maximum Gasteiger partial charge on any atom is 0.269 e. The Morgan fingerprint density at radius 2 is 1.83 bits per heavy atom. The Morgan fingerprint density at radius 3 is 2.43 bits per heavy atom. The predicted octanol–water partition coefficient (Wildman–Crippen LogP) is 2.76. The first-order valence-electron chi connectivity index (χ1n) is 6.60. The highest BCUT2D eigenvalue weighted by Crippen LogP contribution is 2.11. The van der Waals surface area contributed by atoms with Crippen LogP contribution in [0, 0.1) is 13.7 Å². The lowest BCUT2D eigenvalue weighted by Gasteiger charge is -2.05. The number of carbonyl (C=O) groups is 1. The molecule has 2 N–H and O–H groups in total. The zero-order valence-corrected chi connectivity index (χ0v) is 14.1. The van der Waals surface area contributed by atoms with Gasteiger partial charge in [0.1, 0.15) is 0 Å². The van der Waals surface area contributed by atoms with Gasteiger partial charge in [0.05, 0.1) is 17.7 Å². The lowest BCUT2D eigenvalue weighted by Crippen LogP contribution is -2.25. The van der Waals surface area contributed by atoms with E-state index in [9.17, 15) is 14.9 Å². The molecule has 2 aromatic carbocycles. The van der Waals surface area contributed by atoms with Gasteiger partial charge in [-0.25, -0.2) is 5.43 Å².